The predicted molar refractivity (Wildman–Crippen MR) is 157 cm³/mol. The van der Waals surface area contributed by atoms with E-state index >= 15 is 0 Å². The van der Waals surface area contributed by atoms with Crippen molar-refractivity contribution in [3.63, 3.8) is 0 Å². The molecule has 0 unspecified atom stereocenters. The van der Waals surface area contributed by atoms with E-state index < -0.39 is 0 Å². The minimum Gasteiger partial charge on any atom is -0.496 e. The summed E-state index contributed by atoms with van der Waals surface area (Å²) in [6.07, 6.45) is 2.19. The molecule has 1 amide bonds. The first kappa shape index (κ1) is 26.7. The molecule has 6 rings (SSSR count). The van der Waals surface area contributed by atoms with Crippen molar-refractivity contribution < 1.29 is 19.0 Å². The molecular weight excluding hydrogens is 540 g/mol. The zero-order valence-electron chi connectivity index (χ0n) is 22.8. The van der Waals surface area contributed by atoms with Crippen molar-refractivity contribution in [1.29, 1.82) is 0 Å². The molecule has 1 aliphatic rings. The summed E-state index contributed by atoms with van der Waals surface area (Å²) >= 11 is 6.31. The summed E-state index contributed by atoms with van der Waals surface area (Å²) in [6.45, 7) is 3.34. The fraction of sp³-hybridized carbons (Fsp3) is 0.219. The van der Waals surface area contributed by atoms with E-state index in [0.29, 0.717) is 48.3 Å². The molecule has 0 saturated heterocycles. The normalized spacial score (nSPS) is 12.1. The number of methoxy groups -OCH3 is 1. The van der Waals surface area contributed by atoms with Crippen LogP contribution in [0.4, 0.5) is 0 Å². The van der Waals surface area contributed by atoms with Gasteiger partial charge in [0.15, 0.2) is 11.5 Å². The van der Waals surface area contributed by atoms with E-state index in [9.17, 15) is 4.79 Å². The number of carbonyl (C=O) groups excluding carboxylic acids is 1. The van der Waals surface area contributed by atoms with E-state index in [1.165, 1.54) is 0 Å². The van der Waals surface area contributed by atoms with Crippen LogP contribution in [0.25, 0.3) is 22.2 Å². The third-order valence-corrected chi connectivity index (χ3v) is 7.31. The van der Waals surface area contributed by atoms with E-state index in [1.54, 1.807) is 11.8 Å². The lowest BCUT2D eigenvalue weighted by atomic mass is 10.0. The highest BCUT2D eigenvalue weighted by molar-refractivity contribution is 6.31. The van der Waals surface area contributed by atoms with Gasteiger partial charge in [-0.15, -0.1) is 0 Å². The number of pyridine rings is 1. The number of fused-ring (bicyclic) bond motifs is 2. The summed E-state index contributed by atoms with van der Waals surface area (Å²) in [7, 11) is 1.64. The molecule has 0 bridgehead atoms. The van der Waals surface area contributed by atoms with Gasteiger partial charge < -0.3 is 19.1 Å². The molecule has 1 aliphatic heterocycles. The average Bonchev–Trinajstić information content (AvgIpc) is 3.63. The molecule has 0 atom stereocenters. The summed E-state index contributed by atoms with van der Waals surface area (Å²) < 4.78 is 18.6. The van der Waals surface area contributed by atoms with Crippen LogP contribution in [0.3, 0.4) is 0 Å². The van der Waals surface area contributed by atoms with Gasteiger partial charge in [0.1, 0.15) is 5.75 Å². The van der Waals surface area contributed by atoms with Crippen LogP contribution in [0.1, 0.15) is 23.2 Å². The second-order valence-electron chi connectivity index (χ2n) is 9.94. The summed E-state index contributed by atoms with van der Waals surface area (Å²) in [4.78, 5) is 20.7. The number of nitrogens with zero attached hydrogens (tertiary/aromatic N) is 4. The molecule has 0 fully saturated rings. The maximum atomic E-state index is 13.8. The van der Waals surface area contributed by atoms with Crippen LogP contribution in [0.5, 0.6) is 17.2 Å². The van der Waals surface area contributed by atoms with Gasteiger partial charge in [-0.25, -0.2) is 4.98 Å². The maximum Gasteiger partial charge on any atom is 0.231 e. The molecule has 2 aromatic heterocycles. The van der Waals surface area contributed by atoms with Crippen LogP contribution >= 0.6 is 11.6 Å². The number of aryl methyl sites for hydroxylation is 2. The fourth-order valence-electron chi connectivity index (χ4n) is 5.03. The van der Waals surface area contributed by atoms with Crippen molar-refractivity contribution in [2.75, 3.05) is 13.9 Å². The number of hydrogen-bond donors (Lipinski definition) is 0. The first-order chi connectivity index (χ1) is 20.0. The fourth-order valence-corrected chi connectivity index (χ4v) is 5.20. The highest BCUT2D eigenvalue weighted by Crippen LogP contribution is 2.35. The van der Waals surface area contributed by atoms with Gasteiger partial charge in [0, 0.05) is 48.2 Å². The summed E-state index contributed by atoms with van der Waals surface area (Å²) in [5.74, 6) is 2.08. The van der Waals surface area contributed by atoms with Crippen LogP contribution in [0.15, 0.2) is 79.0 Å². The van der Waals surface area contributed by atoms with Crippen molar-refractivity contribution in [3.05, 3.63) is 101 Å². The van der Waals surface area contributed by atoms with Gasteiger partial charge >= 0.3 is 0 Å². The number of aromatic nitrogens is 3. The van der Waals surface area contributed by atoms with Gasteiger partial charge in [-0.05, 0) is 66.6 Å². The van der Waals surface area contributed by atoms with Crippen molar-refractivity contribution in [2.24, 2.45) is 0 Å². The highest BCUT2D eigenvalue weighted by Gasteiger charge is 2.22. The van der Waals surface area contributed by atoms with Crippen molar-refractivity contribution in [2.45, 2.75) is 33.0 Å². The molecule has 0 saturated carbocycles. The zero-order valence-corrected chi connectivity index (χ0v) is 23.6. The Morgan fingerprint density at radius 2 is 1.88 bits per heavy atom. The second-order valence-corrected chi connectivity index (χ2v) is 10.4. The Balaban J connectivity index is 1.39. The monoisotopic (exact) mass is 568 g/mol. The van der Waals surface area contributed by atoms with E-state index in [4.69, 9.17) is 30.8 Å². The van der Waals surface area contributed by atoms with Crippen LogP contribution in [0.2, 0.25) is 5.02 Å². The quantitative estimate of drug-likeness (QED) is 0.204. The lowest BCUT2D eigenvalue weighted by Gasteiger charge is -2.25. The number of benzene rings is 3. The molecule has 3 heterocycles. The molecule has 9 heteroatoms. The van der Waals surface area contributed by atoms with E-state index in [-0.39, 0.29) is 12.7 Å². The van der Waals surface area contributed by atoms with Gasteiger partial charge in [0.25, 0.3) is 0 Å². The van der Waals surface area contributed by atoms with E-state index in [1.807, 2.05) is 84.8 Å². The van der Waals surface area contributed by atoms with Crippen molar-refractivity contribution >= 4 is 28.4 Å². The van der Waals surface area contributed by atoms with Gasteiger partial charge in [-0.1, -0.05) is 35.9 Å². The molecule has 0 radical (unpaired) electrons. The number of halogens is 1. The Morgan fingerprint density at radius 1 is 1.02 bits per heavy atom. The molecule has 0 N–H and O–H groups in total. The molecular formula is C32H29ClN4O4. The Labute approximate surface area is 243 Å². The molecule has 3 aromatic carbocycles. The number of para-hydroxylation sites is 1. The van der Waals surface area contributed by atoms with Crippen molar-refractivity contribution in [1.82, 2.24) is 19.7 Å². The maximum absolute atomic E-state index is 13.8. The van der Waals surface area contributed by atoms with Crippen LogP contribution in [0, 0.1) is 6.92 Å². The summed E-state index contributed by atoms with van der Waals surface area (Å²) in [6, 6.07) is 23.2. The lowest BCUT2D eigenvalue weighted by molar-refractivity contribution is -0.132. The lowest BCUT2D eigenvalue weighted by Crippen LogP contribution is -2.31. The van der Waals surface area contributed by atoms with Gasteiger partial charge in [0.2, 0.25) is 12.7 Å². The summed E-state index contributed by atoms with van der Waals surface area (Å²) in [5, 5.41) is 5.99. The Morgan fingerprint density at radius 3 is 2.71 bits per heavy atom. The summed E-state index contributed by atoms with van der Waals surface area (Å²) in [5.41, 5.74) is 5.10. The topological polar surface area (TPSA) is 78.7 Å². The van der Waals surface area contributed by atoms with Crippen LogP contribution in [-0.4, -0.2) is 39.5 Å². The third kappa shape index (κ3) is 5.83. The molecule has 208 valence electrons. The molecule has 41 heavy (non-hydrogen) atoms. The Kier molecular flexibility index (Phi) is 7.48. The SMILES string of the molecule is COc1ccccc1-c1nc2cc(Cl)ccc2cc1CN(Cc1ccc2c(c1)OCO2)C(=O)CCn1ccc(C)n1. The number of amides is 1. The minimum atomic E-state index is -0.00185. The smallest absolute Gasteiger partial charge is 0.231 e. The number of rotatable bonds is 9. The minimum absolute atomic E-state index is 0.00185. The number of carbonyl (C=O) groups is 1. The van der Waals surface area contributed by atoms with E-state index in [0.717, 1.165) is 39.0 Å². The van der Waals surface area contributed by atoms with E-state index in [2.05, 4.69) is 11.2 Å². The van der Waals surface area contributed by atoms with Gasteiger partial charge in [-0.2, -0.15) is 5.10 Å². The number of hydrogen-bond acceptors (Lipinski definition) is 6. The highest BCUT2D eigenvalue weighted by atomic mass is 35.5. The second kappa shape index (κ2) is 11.5. The molecule has 8 nitrogen and oxygen atoms in total. The molecule has 0 aliphatic carbocycles. The Bertz CT molecular complexity index is 1730. The predicted octanol–water partition coefficient (Wildman–Crippen LogP) is 6.42. The van der Waals surface area contributed by atoms with Crippen molar-refractivity contribution in [3.8, 4) is 28.5 Å². The van der Waals surface area contributed by atoms with Crippen LogP contribution < -0.4 is 14.2 Å². The standard InChI is InChI=1S/C32H29ClN4O4/c1-21-11-13-37(35-21)14-12-31(38)36(18-22-7-10-29-30(15-22)41-20-40-29)19-24-16-23-8-9-25(33)17-27(23)34-32(24)26-5-3-4-6-28(26)39-2/h3-11,13,15-17H,12,14,18-20H2,1-2H3. The zero-order chi connectivity index (χ0) is 28.3. The van der Waals surface area contributed by atoms with Gasteiger partial charge in [-0.3, -0.25) is 9.48 Å². The van der Waals surface area contributed by atoms with Crippen LogP contribution in [-0.2, 0) is 24.4 Å². The third-order valence-electron chi connectivity index (χ3n) is 7.07. The van der Waals surface area contributed by atoms with Gasteiger partial charge in [0.05, 0.1) is 24.0 Å². The Hall–Kier alpha value is -4.56. The first-order valence-corrected chi connectivity index (χ1v) is 13.7. The molecule has 0 spiro atoms. The largest absolute Gasteiger partial charge is 0.496 e. The average molecular weight is 569 g/mol. The first-order valence-electron chi connectivity index (χ1n) is 13.4. The molecule has 5 aromatic rings. The number of ether oxygens (including phenoxy) is 3.